The van der Waals surface area contributed by atoms with E-state index in [1.807, 2.05) is 37.3 Å². The summed E-state index contributed by atoms with van der Waals surface area (Å²) in [6.07, 6.45) is 3.13. The molecule has 0 amide bonds. The maximum Gasteiger partial charge on any atom is 0.130 e. The van der Waals surface area contributed by atoms with Crippen LogP contribution in [0.3, 0.4) is 0 Å². The second-order valence-corrected chi connectivity index (χ2v) is 7.90. The van der Waals surface area contributed by atoms with Crippen molar-refractivity contribution < 1.29 is 13.9 Å². The van der Waals surface area contributed by atoms with Gasteiger partial charge in [-0.2, -0.15) is 0 Å². The summed E-state index contributed by atoms with van der Waals surface area (Å²) in [6.45, 7) is 7.25. The van der Waals surface area contributed by atoms with Gasteiger partial charge in [-0.05, 0) is 79.1 Å². The summed E-state index contributed by atoms with van der Waals surface area (Å²) >= 11 is 0. The van der Waals surface area contributed by atoms with Gasteiger partial charge >= 0.3 is 0 Å². The number of ether oxygens (including phenoxy) is 2. The van der Waals surface area contributed by atoms with Crippen molar-refractivity contribution in [3.8, 4) is 17.2 Å². The van der Waals surface area contributed by atoms with E-state index in [-0.39, 0.29) is 11.2 Å². The smallest absolute Gasteiger partial charge is 0.130 e. The van der Waals surface area contributed by atoms with Gasteiger partial charge in [0.1, 0.15) is 23.1 Å². The molecular formula is C26H29FO2. The van der Waals surface area contributed by atoms with E-state index in [1.54, 1.807) is 12.1 Å². The summed E-state index contributed by atoms with van der Waals surface area (Å²) < 4.78 is 24.7. The average Bonchev–Trinajstić information content (AvgIpc) is 2.69. The molecule has 3 aromatic carbocycles. The molecule has 3 heteroatoms. The van der Waals surface area contributed by atoms with Gasteiger partial charge in [-0.1, -0.05) is 44.2 Å². The molecule has 0 heterocycles. The monoisotopic (exact) mass is 392 g/mol. The van der Waals surface area contributed by atoms with E-state index in [0.29, 0.717) is 12.4 Å². The van der Waals surface area contributed by atoms with Crippen LogP contribution in [-0.4, -0.2) is 6.61 Å². The zero-order valence-electron chi connectivity index (χ0n) is 17.5. The van der Waals surface area contributed by atoms with Crippen LogP contribution in [0.5, 0.6) is 17.2 Å². The van der Waals surface area contributed by atoms with E-state index in [0.717, 1.165) is 30.8 Å². The third-order valence-electron chi connectivity index (χ3n) is 5.14. The van der Waals surface area contributed by atoms with Crippen molar-refractivity contribution in [2.24, 2.45) is 0 Å². The van der Waals surface area contributed by atoms with E-state index in [1.165, 1.54) is 23.3 Å². The lowest BCUT2D eigenvalue weighted by Gasteiger charge is -2.25. The Morgan fingerprint density at radius 1 is 0.828 bits per heavy atom. The topological polar surface area (TPSA) is 18.5 Å². The van der Waals surface area contributed by atoms with E-state index in [9.17, 15) is 4.39 Å². The highest BCUT2D eigenvalue weighted by molar-refractivity contribution is 5.34. The van der Waals surface area contributed by atoms with Crippen LogP contribution in [0.25, 0.3) is 0 Å². The summed E-state index contributed by atoms with van der Waals surface area (Å²) in [4.78, 5) is 0. The largest absolute Gasteiger partial charge is 0.494 e. The van der Waals surface area contributed by atoms with E-state index in [4.69, 9.17) is 9.47 Å². The Morgan fingerprint density at radius 2 is 1.52 bits per heavy atom. The zero-order valence-corrected chi connectivity index (χ0v) is 17.5. The molecule has 0 spiro atoms. The van der Waals surface area contributed by atoms with Crippen LogP contribution < -0.4 is 9.47 Å². The van der Waals surface area contributed by atoms with Gasteiger partial charge in [-0.15, -0.1) is 0 Å². The molecule has 0 radical (unpaired) electrons. The summed E-state index contributed by atoms with van der Waals surface area (Å²) in [5, 5.41) is 0. The molecule has 29 heavy (non-hydrogen) atoms. The molecule has 0 aliphatic rings. The van der Waals surface area contributed by atoms with Gasteiger partial charge in [-0.25, -0.2) is 4.39 Å². The number of halogens is 1. The van der Waals surface area contributed by atoms with Gasteiger partial charge in [0.2, 0.25) is 0 Å². The number of rotatable bonds is 9. The fourth-order valence-electron chi connectivity index (χ4n) is 3.48. The zero-order chi connectivity index (χ0) is 20.7. The molecule has 152 valence electrons. The highest BCUT2D eigenvalue weighted by Crippen LogP contribution is 2.31. The summed E-state index contributed by atoms with van der Waals surface area (Å²) in [7, 11) is 0. The van der Waals surface area contributed by atoms with Gasteiger partial charge in [-0.3, -0.25) is 0 Å². The molecule has 3 rings (SSSR count). The molecule has 0 fully saturated rings. The first-order valence-corrected chi connectivity index (χ1v) is 10.2. The molecule has 0 saturated carbocycles. The molecule has 3 aromatic rings. The fraction of sp³-hybridized carbons (Fsp3) is 0.308. The minimum Gasteiger partial charge on any atom is -0.494 e. The minimum absolute atomic E-state index is 0.0976. The van der Waals surface area contributed by atoms with Crippen LogP contribution in [0.4, 0.5) is 4.39 Å². The Hall–Kier alpha value is -2.81. The van der Waals surface area contributed by atoms with Crippen LogP contribution in [-0.2, 0) is 11.8 Å². The van der Waals surface area contributed by atoms with Gasteiger partial charge in [0, 0.05) is 6.07 Å². The Labute approximate surface area is 173 Å². The number of aryl methyl sites for hydroxylation is 1. The van der Waals surface area contributed by atoms with Crippen molar-refractivity contribution in [3.05, 3.63) is 89.7 Å². The summed E-state index contributed by atoms with van der Waals surface area (Å²) in [5.74, 6) is 1.87. The van der Waals surface area contributed by atoms with Crippen molar-refractivity contribution >= 4 is 0 Å². The molecule has 0 saturated heterocycles. The lowest BCUT2D eigenvalue weighted by atomic mass is 9.80. The summed E-state index contributed by atoms with van der Waals surface area (Å²) in [6, 6.07) is 22.7. The van der Waals surface area contributed by atoms with Crippen LogP contribution in [0.2, 0.25) is 0 Å². The summed E-state index contributed by atoms with van der Waals surface area (Å²) in [5.41, 5.74) is 2.64. The van der Waals surface area contributed by atoms with Crippen molar-refractivity contribution in [1.82, 2.24) is 0 Å². The molecule has 0 aromatic heterocycles. The van der Waals surface area contributed by atoms with Gasteiger partial charge in [0.15, 0.2) is 0 Å². The molecule has 0 unspecified atom stereocenters. The predicted octanol–water partition coefficient (Wildman–Crippen LogP) is 7.32. The van der Waals surface area contributed by atoms with E-state index < -0.39 is 0 Å². The average molecular weight is 393 g/mol. The molecule has 0 atom stereocenters. The van der Waals surface area contributed by atoms with Gasteiger partial charge in [0.05, 0.1) is 6.61 Å². The second kappa shape index (κ2) is 9.60. The first-order chi connectivity index (χ1) is 14.0. The van der Waals surface area contributed by atoms with Crippen molar-refractivity contribution in [3.63, 3.8) is 0 Å². The predicted molar refractivity (Wildman–Crippen MR) is 116 cm³/mol. The third kappa shape index (κ3) is 6.08. The highest BCUT2D eigenvalue weighted by atomic mass is 19.1. The highest BCUT2D eigenvalue weighted by Gasteiger charge is 2.20. The first-order valence-electron chi connectivity index (χ1n) is 10.2. The lowest BCUT2D eigenvalue weighted by Crippen LogP contribution is -2.17. The molecule has 2 nitrogen and oxygen atoms in total. The maximum atomic E-state index is 13.3. The molecular weight excluding hydrogens is 363 g/mol. The quantitative estimate of drug-likeness (QED) is 0.380. The standard InChI is InChI=1S/C26H29FO2/c1-4-28-23-15-13-21(14-16-23)26(2,3)17-7-9-20-8-5-11-24(18-20)29-25-12-6-10-22(27)19-25/h5-6,8,10-16,18-19H,4,7,9,17H2,1-3H3. The lowest BCUT2D eigenvalue weighted by molar-refractivity contribution is 0.339. The van der Waals surface area contributed by atoms with Crippen LogP contribution in [0.1, 0.15) is 44.7 Å². The van der Waals surface area contributed by atoms with E-state index >= 15 is 0 Å². The van der Waals surface area contributed by atoms with Crippen LogP contribution in [0.15, 0.2) is 72.8 Å². The molecule has 0 N–H and O–H groups in total. The van der Waals surface area contributed by atoms with Gasteiger partial charge < -0.3 is 9.47 Å². The Morgan fingerprint density at radius 3 is 2.21 bits per heavy atom. The van der Waals surface area contributed by atoms with Crippen LogP contribution >= 0.6 is 0 Å². The van der Waals surface area contributed by atoms with Crippen molar-refractivity contribution in [2.75, 3.05) is 6.61 Å². The van der Waals surface area contributed by atoms with E-state index in [2.05, 4.69) is 32.0 Å². The Kier molecular flexibility index (Phi) is 6.92. The maximum absolute atomic E-state index is 13.3. The SMILES string of the molecule is CCOc1ccc(C(C)(C)CCCc2cccc(Oc3cccc(F)c3)c2)cc1. The molecule has 0 aliphatic carbocycles. The number of hydrogen-bond acceptors (Lipinski definition) is 2. The molecule has 0 bridgehead atoms. The second-order valence-electron chi connectivity index (χ2n) is 7.90. The third-order valence-corrected chi connectivity index (χ3v) is 5.14. The Bertz CT molecular complexity index is 916. The number of hydrogen-bond donors (Lipinski definition) is 0. The minimum atomic E-state index is -0.296. The van der Waals surface area contributed by atoms with Crippen molar-refractivity contribution in [1.29, 1.82) is 0 Å². The normalized spacial score (nSPS) is 11.3. The molecule has 0 aliphatic heterocycles. The van der Waals surface area contributed by atoms with Gasteiger partial charge in [0.25, 0.3) is 0 Å². The Balaban J connectivity index is 1.56. The first kappa shape index (κ1) is 20.9. The number of benzene rings is 3. The fourth-order valence-corrected chi connectivity index (χ4v) is 3.48. The van der Waals surface area contributed by atoms with Crippen LogP contribution in [0, 0.1) is 5.82 Å². The van der Waals surface area contributed by atoms with Crippen molar-refractivity contribution in [2.45, 2.75) is 45.4 Å².